The predicted molar refractivity (Wildman–Crippen MR) is 83.0 cm³/mol. The molecular formula is C17H19ClFN. The summed E-state index contributed by atoms with van der Waals surface area (Å²) in [4.78, 5) is 0. The number of aryl methyl sites for hydroxylation is 3. The zero-order valence-corrected chi connectivity index (χ0v) is 13.0. The van der Waals surface area contributed by atoms with E-state index in [0.29, 0.717) is 10.6 Å². The second kappa shape index (κ2) is 5.94. The Balaban J connectivity index is 2.58. The van der Waals surface area contributed by atoms with E-state index in [-0.39, 0.29) is 11.9 Å². The van der Waals surface area contributed by atoms with Crippen LogP contribution in [0, 0.1) is 26.6 Å². The smallest absolute Gasteiger partial charge is 0.128 e. The van der Waals surface area contributed by atoms with Crippen molar-refractivity contribution in [3.63, 3.8) is 0 Å². The van der Waals surface area contributed by atoms with Gasteiger partial charge in [-0.25, -0.2) is 4.39 Å². The molecule has 0 radical (unpaired) electrons. The van der Waals surface area contributed by atoms with Crippen molar-refractivity contribution < 1.29 is 4.39 Å². The van der Waals surface area contributed by atoms with Gasteiger partial charge in [-0.15, -0.1) is 0 Å². The van der Waals surface area contributed by atoms with Gasteiger partial charge in [-0.1, -0.05) is 23.7 Å². The molecule has 0 aliphatic heterocycles. The normalized spacial score (nSPS) is 12.5. The van der Waals surface area contributed by atoms with Crippen LogP contribution in [0.2, 0.25) is 5.02 Å². The van der Waals surface area contributed by atoms with Crippen molar-refractivity contribution in [1.29, 1.82) is 0 Å². The van der Waals surface area contributed by atoms with Gasteiger partial charge in [-0.3, -0.25) is 0 Å². The second-order valence-electron chi connectivity index (χ2n) is 5.20. The first-order valence-corrected chi connectivity index (χ1v) is 7.01. The molecule has 3 heteroatoms. The number of halogens is 2. The number of hydrogen-bond donors (Lipinski definition) is 1. The molecule has 0 spiro atoms. The molecule has 0 saturated carbocycles. The number of benzene rings is 2. The summed E-state index contributed by atoms with van der Waals surface area (Å²) in [7, 11) is 1.84. The van der Waals surface area contributed by atoms with E-state index >= 15 is 0 Å². The summed E-state index contributed by atoms with van der Waals surface area (Å²) in [6.45, 7) is 5.84. The third-order valence-corrected chi connectivity index (χ3v) is 3.84. The first-order chi connectivity index (χ1) is 9.43. The van der Waals surface area contributed by atoms with Gasteiger partial charge in [0.05, 0.1) is 6.04 Å². The SMILES string of the molecule is CNC(c1ccc(Cl)cc1C)c1c(C)cc(C)cc1F. The molecule has 2 aromatic rings. The van der Waals surface area contributed by atoms with Crippen molar-refractivity contribution in [2.45, 2.75) is 26.8 Å². The fraction of sp³-hybridized carbons (Fsp3) is 0.294. The van der Waals surface area contributed by atoms with Crippen molar-refractivity contribution in [2.75, 3.05) is 7.05 Å². The van der Waals surface area contributed by atoms with Crippen LogP contribution in [0.25, 0.3) is 0 Å². The van der Waals surface area contributed by atoms with Crippen LogP contribution in [-0.2, 0) is 0 Å². The minimum atomic E-state index is -0.173. The van der Waals surface area contributed by atoms with E-state index in [1.54, 1.807) is 6.07 Å². The number of rotatable bonds is 3. The van der Waals surface area contributed by atoms with Crippen molar-refractivity contribution in [2.24, 2.45) is 0 Å². The molecule has 0 aliphatic rings. The Kier molecular flexibility index (Phi) is 4.46. The Morgan fingerprint density at radius 3 is 2.30 bits per heavy atom. The molecule has 0 aromatic heterocycles. The van der Waals surface area contributed by atoms with Crippen molar-refractivity contribution in [1.82, 2.24) is 5.32 Å². The molecule has 1 N–H and O–H groups in total. The lowest BCUT2D eigenvalue weighted by molar-refractivity contribution is 0.571. The lowest BCUT2D eigenvalue weighted by atomic mass is 9.91. The van der Waals surface area contributed by atoms with Crippen LogP contribution in [0.4, 0.5) is 4.39 Å². The minimum Gasteiger partial charge on any atom is -0.309 e. The molecule has 0 aliphatic carbocycles. The first-order valence-electron chi connectivity index (χ1n) is 6.64. The van der Waals surface area contributed by atoms with E-state index in [4.69, 9.17) is 11.6 Å². The lowest BCUT2D eigenvalue weighted by Crippen LogP contribution is -2.21. The first kappa shape index (κ1) is 15.0. The second-order valence-corrected chi connectivity index (χ2v) is 5.64. The fourth-order valence-electron chi connectivity index (χ4n) is 2.71. The molecule has 1 nitrogen and oxygen atoms in total. The number of hydrogen-bond acceptors (Lipinski definition) is 1. The van der Waals surface area contributed by atoms with Gasteiger partial charge >= 0.3 is 0 Å². The third kappa shape index (κ3) is 2.87. The van der Waals surface area contributed by atoms with Gasteiger partial charge in [0.1, 0.15) is 5.82 Å². The van der Waals surface area contributed by atoms with E-state index in [2.05, 4.69) is 5.32 Å². The maximum absolute atomic E-state index is 14.4. The van der Waals surface area contributed by atoms with Crippen LogP contribution in [-0.4, -0.2) is 7.05 Å². The molecule has 0 amide bonds. The summed E-state index contributed by atoms with van der Waals surface area (Å²) in [6, 6.07) is 9.12. The molecule has 106 valence electrons. The highest BCUT2D eigenvalue weighted by Crippen LogP contribution is 2.31. The molecule has 2 rings (SSSR count). The van der Waals surface area contributed by atoms with Crippen molar-refractivity contribution in [3.05, 3.63) is 69.0 Å². The zero-order valence-electron chi connectivity index (χ0n) is 12.2. The van der Waals surface area contributed by atoms with E-state index in [1.807, 2.05) is 52.1 Å². The largest absolute Gasteiger partial charge is 0.309 e. The molecule has 0 bridgehead atoms. The van der Waals surface area contributed by atoms with Gasteiger partial charge in [0.2, 0.25) is 0 Å². The van der Waals surface area contributed by atoms with E-state index in [0.717, 1.165) is 22.3 Å². The fourth-order valence-corrected chi connectivity index (χ4v) is 2.94. The lowest BCUT2D eigenvalue weighted by Gasteiger charge is -2.22. The van der Waals surface area contributed by atoms with Crippen LogP contribution >= 0.6 is 11.6 Å². The average molecular weight is 292 g/mol. The Morgan fingerprint density at radius 1 is 1.05 bits per heavy atom. The summed E-state index contributed by atoms with van der Waals surface area (Å²) < 4.78 is 14.4. The number of nitrogens with one attached hydrogen (secondary N) is 1. The third-order valence-electron chi connectivity index (χ3n) is 3.60. The molecule has 0 heterocycles. The summed E-state index contributed by atoms with van der Waals surface area (Å²) in [5.41, 5.74) is 4.69. The maximum Gasteiger partial charge on any atom is 0.128 e. The van der Waals surface area contributed by atoms with Crippen LogP contribution in [0.5, 0.6) is 0 Å². The van der Waals surface area contributed by atoms with E-state index in [9.17, 15) is 4.39 Å². The Morgan fingerprint density at radius 2 is 1.75 bits per heavy atom. The highest BCUT2D eigenvalue weighted by Gasteiger charge is 2.20. The molecule has 2 aromatic carbocycles. The summed E-state index contributed by atoms with van der Waals surface area (Å²) in [5, 5.41) is 3.91. The van der Waals surface area contributed by atoms with Crippen LogP contribution in [0.1, 0.15) is 33.9 Å². The molecule has 1 unspecified atom stereocenters. The molecule has 20 heavy (non-hydrogen) atoms. The topological polar surface area (TPSA) is 12.0 Å². The summed E-state index contributed by atoms with van der Waals surface area (Å²) in [6.07, 6.45) is 0. The van der Waals surface area contributed by atoms with Crippen molar-refractivity contribution in [3.8, 4) is 0 Å². The average Bonchev–Trinajstić information content (AvgIpc) is 2.34. The monoisotopic (exact) mass is 291 g/mol. The standard InChI is InChI=1S/C17H19ClFN/c1-10-7-12(3)16(15(19)8-10)17(20-4)14-6-5-13(18)9-11(14)2/h5-9,17,20H,1-4H3. The van der Waals surface area contributed by atoms with Crippen LogP contribution < -0.4 is 5.32 Å². The molecule has 1 atom stereocenters. The predicted octanol–water partition coefficient (Wildman–Crippen LogP) is 4.71. The Hall–Kier alpha value is -1.38. The van der Waals surface area contributed by atoms with Gasteiger partial charge < -0.3 is 5.32 Å². The Bertz CT molecular complexity index is 614. The minimum absolute atomic E-state index is 0.170. The van der Waals surface area contributed by atoms with Gasteiger partial charge in [0.15, 0.2) is 0 Å². The van der Waals surface area contributed by atoms with Crippen LogP contribution in [0.3, 0.4) is 0 Å². The quantitative estimate of drug-likeness (QED) is 0.863. The summed E-state index contributed by atoms with van der Waals surface area (Å²) in [5.74, 6) is -0.170. The van der Waals surface area contributed by atoms with Gasteiger partial charge in [0, 0.05) is 10.6 Å². The van der Waals surface area contributed by atoms with E-state index < -0.39 is 0 Å². The Labute approximate surface area is 124 Å². The van der Waals surface area contributed by atoms with Crippen molar-refractivity contribution >= 4 is 11.6 Å². The molecule has 0 fully saturated rings. The van der Waals surface area contributed by atoms with Crippen LogP contribution in [0.15, 0.2) is 30.3 Å². The summed E-state index contributed by atoms with van der Waals surface area (Å²) >= 11 is 6.00. The highest BCUT2D eigenvalue weighted by atomic mass is 35.5. The maximum atomic E-state index is 14.4. The highest BCUT2D eigenvalue weighted by molar-refractivity contribution is 6.30. The van der Waals surface area contributed by atoms with Gasteiger partial charge in [0.25, 0.3) is 0 Å². The van der Waals surface area contributed by atoms with E-state index in [1.165, 1.54) is 0 Å². The molecular weight excluding hydrogens is 273 g/mol. The van der Waals surface area contributed by atoms with Gasteiger partial charge in [-0.05, 0) is 68.3 Å². The van der Waals surface area contributed by atoms with Gasteiger partial charge in [-0.2, -0.15) is 0 Å². The molecule has 0 saturated heterocycles. The zero-order chi connectivity index (χ0) is 14.9.